The fourth-order valence-corrected chi connectivity index (χ4v) is 4.93. The van der Waals surface area contributed by atoms with Gasteiger partial charge in [0.1, 0.15) is 11.5 Å². The summed E-state index contributed by atoms with van der Waals surface area (Å²) in [6.07, 6.45) is 1.89. The molecular formula is C31H26BNO3. The number of hydrogen-bond donors (Lipinski definition) is 0. The number of hydrogen-bond acceptors (Lipinski definition) is 4. The van der Waals surface area contributed by atoms with E-state index in [1.807, 2.05) is 37.4 Å². The second-order valence-electron chi connectivity index (χ2n) is 9.10. The van der Waals surface area contributed by atoms with E-state index in [1.54, 1.807) is 7.11 Å². The number of rotatable bonds is 5. The average Bonchev–Trinajstić information content (AvgIpc) is 3.09. The summed E-state index contributed by atoms with van der Waals surface area (Å²) in [6, 6.07) is 33.3. The largest absolute Gasteiger partial charge is 0.633 e. The lowest BCUT2D eigenvalue weighted by Crippen LogP contribution is -2.44. The first-order valence-electron chi connectivity index (χ1n) is 12.2. The quantitative estimate of drug-likeness (QED) is 0.224. The minimum absolute atomic E-state index is 0.0539. The summed E-state index contributed by atoms with van der Waals surface area (Å²) in [4.78, 5) is 4.67. The molecule has 0 saturated carbocycles. The molecule has 5 aromatic rings. The van der Waals surface area contributed by atoms with Crippen LogP contribution >= 0.6 is 0 Å². The van der Waals surface area contributed by atoms with Crippen LogP contribution in [0.4, 0.5) is 0 Å². The van der Waals surface area contributed by atoms with Gasteiger partial charge in [-0.15, -0.1) is 0 Å². The normalized spacial score (nSPS) is 13.7. The summed E-state index contributed by atoms with van der Waals surface area (Å²) < 4.78 is 18.6. The zero-order valence-corrected chi connectivity index (χ0v) is 20.3. The summed E-state index contributed by atoms with van der Waals surface area (Å²) in [5.74, 6) is 1.60. The fourth-order valence-electron chi connectivity index (χ4n) is 4.93. The van der Waals surface area contributed by atoms with Gasteiger partial charge in [0.2, 0.25) is 0 Å². The van der Waals surface area contributed by atoms with Crippen molar-refractivity contribution >= 4 is 40.3 Å². The van der Waals surface area contributed by atoms with E-state index in [1.165, 1.54) is 0 Å². The van der Waals surface area contributed by atoms with Crippen molar-refractivity contribution in [3.63, 3.8) is 0 Å². The molecule has 1 atom stereocenters. The maximum Gasteiger partial charge on any atom is 0.633 e. The van der Waals surface area contributed by atoms with Crippen LogP contribution in [0.3, 0.4) is 0 Å². The summed E-state index contributed by atoms with van der Waals surface area (Å²) in [7, 11) is 1.06. The van der Waals surface area contributed by atoms with Gasteiger partial charge in [0.25, 0.3) is 0 Å². The van der Waals surface area contributed by atoms with Crippen LogP contribution in [-0.2, 0) is 4.74 Å². The molecule has 1 aliphatic rings. The molecule has 0 N–H and O–H groups in total. The summed E-state index contributed by atoms with van der Waals surface area (Å²) in [5, 5.41) is 4.61. The van der Waals surface area contributed by atoms with Crippen LogP contribution in [-0.4, -0.2) is 33.1 Å². The van der Waals surface area contributed by atoms with E-state index in [0.717, 1.165) is 55.2 Å². The SMILES string of the molecule is COC[C@H](C)N=Cc1ccccc1B1Oc2ccc3ccccc3c2-c2c(ccc3ccccc23)O1. The van der Waals surface area contributed by atoms with Crippen molar-refractivity contribution in [3.05, 3.63) is 103 Å². The Morgan fingerprint density at radius 1 is 0.750 bits per heavy atom. The predicted molar refractivity (Wildman–Crippen MR) is 149 cm³/mol. The lowest BCUT2D eigenvalue weighted by atomic mass is 9.75. The van der Waals surface area contributed by atoms with E-state index >= 15 is 0 Å². The van der Waals surface area contributed by atoms with E-state index in [0.29, 0.717) is 6.61 Å². The molecule has 0 radical (unpaired) electrons. The Kier molecular flexibility index (Phi) is 5.92. The molecule has 0 unspecified atom stereocenters. The maximum atomic E-state index is 6.67. The molecule has 0 saturated heterocycles. The molecule has 1 aliphatic heterocycles. The Bertz CT molecular complexity index is 1510. The van der Waals surface area contributed by atoms with Crippen molar-refractivity contribution in [3.8, 4) is 22.6 Å². The molecule has 4 nitrogen and oxygen atoms in total. The molecule has 6 rings (SSSR count). The molecular weight excluding hydrogens is 445 g/mol. The second-order valence-corrected chi connectivity index (χ2v) is 9.10. The van der Waals surface area contributed by atoms with E-state index in [4.69, 9.17) is 14.0 Å². The van der Waals surface area contributed by atoms with E-state index in [9.17, 15) is 0 Å². The molecule has 176 valence electrons. The van der Waals surface area contributed by atoms with Gasteiger partial charge in [-0.25, -0.2) is 0 Å². The van der Waals surface area contributed by atoms with Crippen LogP contribution < -0.4 is 14.8 Å². The first-order valence-corrected chi connectivity index (χ1v) is 12.2. The number of ether oxygens (including phenoxy) is 1. The molecule has 0 spiro atoms. The molecule has 1 heterocycles. The molecule has 0 aliphatic carbocycles. The lowest BCUT2D eigenvalue weighted by Gasteiger charge is -2.16. The number of fused-ring (bicyclic) bond motifs is 7. The average molecular weight is 471 g/mol. The Labute approximate surface area is 211 Å². The van der Waals surface area contributed by atoms with Gasteiger partial charge in [-0.3, -0.25) is 4.99 Å². The highest BCUT2D eigenvalue weighted by Gasteiger charge is 2.34. The maximum absolute atomic E-state index is 6.67. The Morgan fingerprint density at radius 2 is 1.31 bits per heavy atom. The van der Waals surface area contributed by atoms with Gasteiger partial charge in [0, 0.05) is 29.9 Å². The van der Waals surface area contributed by atoms with Gasteiger partial charge in [-0.2, -0.15) is 0 Å². The Morgan fingerprint density at radius 3 is 1.92 bits per heavy atom. The summed E-state index contributed by atoms with van der Waals surface area (Å²) in [6.45, 7) is 2.60. The molecule has 36 heavy (non-hydrogen) atoms. The third kappa shape index (κ3) is 4.02. The smallest absolute Gasteiger partial charge is 0.521 e. The Balaban J connectivity index is 1.55. The predicted octanol–water partition coefficient (Wildman–Crippen LogP) is 6.28. The molecule has 0 bridgehead atoms. The first-order chi connectivity index (χ1) is 17.7. The van der Waals surface area contributed by atoms with E-state index < -0.39 is 7.12 Å². The molecule has 0 fully saturated rings. The van der Waals surface area contributed by atoms with Crippen molar-refractivity contribution in [2.75, 3.05) is 13.7 Å². The van der Waals surface area contributed by atoms with Crippen LogP contribution in [0, 0.1) is 0 Å². The monoisotopic (exact) mass is 471 g/mol. The van der Waals surface area contributed by atoms with Crippen molar-refractivity contribution in [2.45, 2.75) is 13.0 Å². The van der Waals surface area contributed by atoms with Crippen LogP contribution in [0.15, 0.2) is 102 Å². The number of aliphatic imine (C=N–C) groups is 1. The first kappa shape index (κ1) is 22.4. The highest BCUT2D eigenvalue weighted by atomic mass is 16.6. The van der Waals surface area contributed by atoms with Gasteiger partial charge in [-0.05, 0) is 46.2 Å². The van der Waals surface area contributed by atoms with E-state index in [-0.39, 0.29) is 6.04 Å². The van der Waals surface area contributed by atoms with Crippen molar-refractivity contribution in [2.24, 2.45) is 4.99 Å². The molecule has 5 aromatic carbocycles. The van der Waals surface area contributed by atoms with Crippen LogP contribution in [0.5, 0.6) is 11.5 Å². The third-order valence-electron chi connectivity index (χ3n) is 6.63. The molecule has 0 amide bonds. The molecule has 5 heteroatoms. The van der Waals surface area contributed by atoms with Gasteiger partial charge in [-0.1, -0.05) is 84.9 Å². The van der Waals surface area contributed by atoms with Crippen molar-refractivity contribution in [1.82, 2.24) is 0 Å². The van der Waals surface area contributed by atoms with Gasteiger partial charge in [0.15, 0.2) is 0 Å². The second kappa shape index (κ2) is 9.52. The van der Waals surface area contributed by atoms with Crippen molar-refractivity contribution < 1.29 is 14.0 Å². The summed E-state index contributed by atoms with van der Waals surface area (Å²) >= 11 is 0. The minimum Gasteiger partial charge on any atom is -0.521 e. The van der Waals surface area contributed by atoms with Crippen molar-refractivity contribution in [1.29, 1.82) is 0 Å². The fraction of sp³-hybridized carbons (Fsp3) is 0.129. The van der Waals surface area contributed by atoms with Crippen LogP contribution in [0.25, 0.3) is 32.7 Å². The number of methoxy groups -OCH3 is 1. The Hall–Kier alpha value is -4.09. The highest BCUT2D eigenvalue weighted by Crippen LogP contribution is 2.47. The topological polar surface area (TPSA) is 40.0 Å². The zero-order valence-electron chi connectivity index (χ0n) is 20.3. The standard InChI is InChI=1S/C31H26BNO3/c1-21(20-34-2)33-19-24-11-5-8-14-27(24)32-35-28-17-15-22-9-3-6-12-25(22)30(28)31-26-13-7-4-10-23(26)16-18-29(31)36-32/h3-19,21H,20H2,1-2H3/t21-/m0/s1. The minimum atomic E-state index is -0.632. The van der Waals surface area contributed by atoms with E-state index in [2.05, 4.69) is 77.8 Å². The summed E-state index contributed by atoms with van der Waals surface area (Å²) in [5.41, 5.74) is 3.99. The van der Waals surface area contributed by atoms with Gasteiger partial charge < -0.3 is 14.0 Å². The highest BCUT2D eigenvalue weighted by molar-refractivity contribution is 6.64. The number of benzene rings is 5. The van der Waals surface area contributed by atoms with Gasteiger partial charge in [0.05, 0.1) is 12.6 Å². The number of nitrogens with zero attached hydrogens (tertiary/aromatic N) is 1. The molecule has 0 aromatic heterocycles. The zero-order chi connectivity index (χ0) is 24.5. The van der Waals surface area contributed by atoms with Crippen LogP contribution in [0.1, 0.15) is 12.5 Å². The van der Waals surface area contributed by atoms with Crippen LogP contribution in [0.2, 0.25) is 0 Å². The van der Waals surface area contributed by atoms with Gasteiger partial charge >= 0.3 is 7.12 Å². The lowest BCUT2D eigenvalue weighted by molar-refractivity contribution is 0.186. The third-order valence-corrected chi connectivity index (χ3v) is 6.63.